The number of aryl methyl sites for hydroxylation is 2. The number of carbonyl (C=O) groups excluding carboxylic acids is 1. The summed E-state index contributed by atoms with van der Waals surface area (Å²) in [6.07, 6.45) is 2.56. The molecule has 1 amide bonds. The summed E-state index contributed by atoms with van der Waals surface area (Å²) in [5.74, 6) is 1.55. The van der Waals surface area contributed by atoms with E-state index < -0.39 is 0 Å². The zero-order valence-corrected chi connectivity index (χ0v) is 14.7. The quantitative estimate of drug-likeness (QED) is 0.669. The summed E-state index contributed by atoms with van der Waals surface area (Å²) in [6, 6.07) is 11.5. The van der Waals surface area contributed by atoms with Crippen molar-refractivity contribution in [3.8, 4) is 11.5 Å². The van der Waals surface area contributed by atoms with Crippen LogP contribution in [0.2, 0.25) is 0 Å². The third-order valence-corrected chi connectivity index (χ3v) is 4.26. The lowest BCUT2D eigenvalue weighted by Crippen LogP contribution is -2.18. The van der Waals surface area contributed by atoms with Crippen molar-refractivity contribution in [1.82, 2.24) is 5.43 Å². The van der Waals surface area contributed by atoms with Crippen molar-refractivity contribution in [2.75, 3.05) is 6.79 Å². The first kappa shape index (κ1) is 17.0. The Bertz CT molecular complexity index is 815. The van der Waals surface area contributed by atoms with Crippen LogP contribution in [0.15, 0.2) is 41.5 Å². The van der Waals surface area contributed by atoms with E-state index in [0.717, 1.165) is 34.6 Å². The molecule has 5 heteroatoms. The number of carbonyl (C=O) groups is 1. The number of rotatable bonds is 5. The fourth-order valence-corrected chi connectivity index (χ4v) is 2.66. The Kier molecular flexibility index (Phi) is 5.03. The second-order valence-corrected chi connectivity index (χ2v) is 6.39. The Hall–Kier alpha value is -2.82. The summed E-state index contributed by atoms with van der Waals surface area (Å²) in [6.45, 7) is 6.34. The third kappa shape index (κ3) is 4.18. The predicted octanol–water partition coefficient (Wildman–Crippen LogP) is 3.63. The molecule has 5 nitrogen and oxygen atoms in total. The summed E-state index contributed by atoms with van der Waals surface area (Å²) >= 11 is 0. The van der Waals surface area contributed by atoms with E-state index in [1.807, 2.05) is 50.2 Å². The van der Waals surface area contributed by atoms with Crippen LogP contribution >= 0.6 is 0 Å². The van der Waals surface area contributed by atoms with Crippen molar-refractivity contribution in [1.29, 1.82) is 0 Å². The number of hydrogen-bond acceptors (Lipinski definition) is 4. The van der Waals surface area contributed by atoms with E-state index in [9.17, 15) is 4.79 Å². The molecular formula is C20H22N2O3. The van der Waals surface area contributed by atoms with Gasteiger partial charge in [0.1, 0.15) is 0 Å². The zero-order valence-electron chi connectivity index (χ0n) is 14.7. The first-order valence-electron chi connectivity index (χ1n) is 8.32. The Morgan fingerprint density at radius 2 is 1.96 bits per heavy atom. The minimum Gasteiger partial charge on any atom is -0.454 e. The molecule has 0 radical (unpaired) electrons. The molecule has 0 fully saturated rings. The molecule has 0 saturated carbocycles. The molecule has 1 aliphatic heterocycles. The number of benzene rings is 2. The summed E-state index contributed by atoms with van der Waals surface area (Å²) in [7, 11) is 0. The summed E-state index contributed by atoms with van der Waals surface area (Å²) in [5.41, 5.74) is 6.60. The van der Waals surface area contributed by atoms with E-state index in [1.165, 1.54) is 0 Å². The Morgan fingerprint density at radius 1 is 1.16 bits per heavy atom. The van der Waals surface area contributed by atoms with E-state index in [4.69, 9.17) is 9.47 Å². The zero-order chi connectivity index (χ0) is 17.8. The van der Waals surface area contributed by atoms with Gasteiger partial charge in [-0.3, -0.25) is 4.79 Å². The minimum absolute atomic E-state index is 0.181. The van der Waals surface area contributed by atoms with Crippen molar-refractivity contribution < 1.29 is 14.3 Å². The lowest BCUT2D eigenvalue weighted by molar-refractivity contribution is 0.0955. The molecule has 1 N–H and O–H groups in total. The Morgan fingerprint density at radius 3 is 2.76 bits per heavy atom. The van der Waals surface area contributed by atoms with Gasteiger partial charge >= 0.3 is 0 Å². The molecule has 25 heavy (non-hydrogen) atoms. The molecule has 0 saturated heterocycles. The topological polar surface area (TPSA) is 59.9 Å². The van der Waals surface area contributed by atoms with Crippen molar-refractivity contribution in [3.63, 3.8) is 0 Å². The fourth-order valence-electron chi connectivity index (χ4n) is 2.66. The highest BCUT2D eigenvalue weighted by atomic mass is 16.7. The average molecular weight is 338 g/mol. The van der Waals surface area contributed by atoms with Gasteiger partial charge in [-0.15, -0.1) is 0 Å². The predicted molar refractivity (Wildman–Crippen MR) is 97.3 cm³/mol. The third-order valence-electron chi connectivity index (χ3n) is 4.26. The van der Waals surface area contributed by atoms with Gasteiger partial charge in [-0.1, -0.05) is 19.1 Å². The fraction of sp³-hybridized carbons (Fsp3) is 0.300. The van der Waals surface area contributed by atoms with Crippen LogP contribution in [0.4, 0.5) is 0 Å². The van der Waals surface area contributed by atoms with Crippen molar-refractivity contribution in [2.24, 2.45) is 11.0 Å². The van der Waals surface area contributed by atoms with Gasteiger partial charge in [0.05, 0.1) is 0 Å². The van der Waals surface area contributed by atoms with E-state index >= 15 is 0 Å². The van der Waals surface area contributed by atoms with Gasteiger partial charge in [0.2, 0.25) is 6.79 Å². The van der Waals surface area contributed by atoms with E-state index in [2.05, 4.69) is 17.5 Å². The number of amides is 1. The van der Waals surface area contributed by atoms with Crippen LogP contribution < -0.4 is 14.9 Å². The van der Waals surface area contributed by atoms with Gasteiger partial charge in [0.25, 0.3) is 5.91 Å². The van der Waals surface area contributed by atoms with E-state index in [-0.39, 0.29) is 18.6 Å². The molecule has 1 atom stereocenters. The number of fused-ring (bicyclic) bond motifs is 1. The summed E-state index contributed by atoms with van der Waals surface area (Å²) in [4.78, 5) is 12.1. The maximum absolute atomic E-state index is 12.1. The molecule has 0 spiro atoms. The maximum Gasteiger partial charge on any atom is 0.271 e. The molecule has 2 aromatic carbocycles. The first-order valence-corrected chi connectivity index (χ1v) is 8.32. The van der Waals surface area contributed by atoms with Crippen molar-refractivity contribution in [2.45, 2.75) is 27.2 Å². The molecule has 0 bridgehead atoms. The maximum atomic E-state index is 12.1. The van der Waals surface area contributed by atoms with E-state index in [1.54, 1.807) is 6.21 Å². The van der Waals surface area contributed by atoms with Crippen LogP contribution in [0.3, 0.4) is 0 Å². The average Bonchev–Trinajstić information content (AvgIpc) is 3.05. The Labute approximate surface area is 147 Å². The monoisotopic (exact) mass is 338 g/mol. The van der Waals surface area contributed by atoms with Crippen LogP contribution in [0.1, 0.15) is 34.0 Å². The molecule has 1 heterocycles. The molecule has 0 aromatic heterocycles. The summed E-state index contributed by atoms with van der Waals surface area (Å²) < 4.78 is 10.7. The molecule has 0 aliphatic carbocycles. The number of hydrogen-bond donors (Lipinski definition) is 1. The lowest BCUT2D eigenvalue weighted by atomic mass is 10.0. The van der Waals surface area contributed by atoms with Crippen LogP contribution in [0.5, 0.6) is 11.5 Å². The molecule has 3 rings (SSSR count). The number of hydrazone groups is 1. The molecule has 2 aromatic rings. The second kappa shape index (κ2) is 7.38. The van der Waals surface area contributed by atoms with Gasteiger partial charge in [-0.25, -0.2) is 5.43 Å². The molecule has 0 unspecified atom stereocenters. The van der Waals surface area contributed by atoms with Crippen LogP contribution in [0, 0.1) is 19.8 Å². The molecule has 1 aliphatic rings. The van der Waals surface area contributed by atoms with E-state index in [0.29, 0.717) is 5.56 Å². The van der Waals surface area contributed by atoms with Gasteiger partial charge in [0.15, 0.2) is 11.5 Å². The van der Waals surface area contributed by atoms with Crippen LogP contribution in [-0.2, 0) is 6.42 Å². The number of nitrogens with zero attached hydrogens (tertiary/aromatic N) is 1. The minimum atomic E-state index is -0.199. The highest BCUT2D eigenvalue weighted by Gasteiger charge is 2.14. The standard InChI is InChI=1S/C20H22N2O3/c1-13(8-16-5-7-18-19(10-16)25-12-24-18)11-21-22-20(23)17-6-4-14(2)15(3)9-17/h4-7,9-11,13H,8,12H2,1-3H3,(H,22,23)/b21-11-/t13-/m1/s1. The van der Waals surface area contributed by atoms with Crippen LogP contribution in [0.25, 0.3) is 0 Å². The van der Waals surface area contributed by atoms with Crippen LogP contribution in [-0.4, -0.2) is 18.9 Å². The van der Waals surface area contributed by atoms with Gasteiger partial charge in [0, 0.05) is 11.8 Å². The normalized spacial score (nSPS) is 13.9. The highest BCUT2D eigenvalue weighted by molar-refractivity contribution is 5.94. The van der Waals surface area contributed by atoms with Crippen molar-refractivity contribution >= 4 is 12.1 Å². The van der Waals surface area contributed by atoms with Gasteiger partial charge < -0.3 is 9.47 Å². The molecule has 130 valence electrons. The smallest absolute Gasteiger partial charge is 0.271 e. The number of nitrogens with one attached hydrogen (secondary N) is 1. The lowest BCUT2D eigenvalue weighted by Gasteiger charge is -2.07. The summed E-state index contributed by atoms with van der Waals surface area (Å²) in [5, 5.41) is 4.09. The molecular weight excluding hydrogens is 316 g/mol. The van der Waals surface area contributed by atoms with Crippen molar-refractivity contribution in [3.05, 3.63) is 58.7 Å². The first-order chi connectivity index (χ1) is 12.0. The van der Waals surface area contributed by atoms with Gasteiger partial charge in [-0.2, -0.15) is 5.10 Å². The second-order valence-electron chi connectivity index (χ2n) is 6.39. The number of ether oxygens (including phenoxy) is 2. The SMILES string of the molecule is Cc1ccc(C(=O)N/N=C\[C@H](C)Cc2ccc3c(c2)OCO3)cc1C. The Balaban J connectivity index is 1.54. The largest absolute Gasteiger partial charge is 0.454 e. The van der Waals surface area contributed by atoms with Gasteiger partial charge in [-0.05, 0) is 67.1 Å². The highest BCUT2D eigenvalue weighted by Crippen LogP contribution is 2.32.